The number of carbonyl (C=O) groups excluding carboxylic acids is 1. The molecule has 0 aromatic heterocycles. The zero-order chi connectivity index (χ0) is 24.3. The van der Waals surface area contributed by atoms with E-state index in [1.807, 2.05) is 65.6 Å². The first kappa shape index (κ1) is 25.0. The third kappa shape index (κ3) is 7.67. The molecule has 0 spiro atoms. The summed E-state index contributed by atoms with van der Waals surface area (Å²) < 4.78 is 11.5. The van der Waals surface area contributed by atoms with E-state index < -0.39 is 0 Å². The Hall–Kier alpha value is -3.15. The van der Waals surface area contributed by atoms with Gasteiger partial charge in [0.15, 0.2) is 0 Å². The summed E-state index contributed by atoms with van der Waals surface area (Å²) >= 11 is 0. The van der Waals surface area contributed by atoms with Crippen LogP contribution >= 0.6 is 0 Å². The van der Waals surface area contributed by atoms with Crippen molar-refractivity contribution in [2.24, 2.45) is 0 Å². The Morgan fingerprint density at radius 1 is 0.914 bits per heavy atom. The molecule has 5 nitrogen and oxygen atoms in total. The molecule has 0 unspecified atom stereocenters. The van der Waals surface area contributed by atoms with Gasteiger partial charge in [0, 0.05) is 38.3 Å². The number of hydrogen-bond donors (Lipinski definition) is 0. The summed E-state index contributed by atoms with van der Waals surface area (Å²) in [5, 5.41) is 0. The molecule has 0 aliphatic carbocycles. The van der Waals surface area contributed by atoms with Crippen molar-refractivity contribution in [3.8, 4) is 11.5 Å². The van der Waals surface area contributed by atoms with Crippen LogP contribution in [0.2, 0.25) is 0 Å². The van der Waals surface area contributed by atoms with Crippen LogP contribution in [0.5, 0.6) is 11.5 Å². The van der Waals surface area contributed by atoms with Crippen molar-refractivity contribution in [2.75, 3.05) is 39.4 Å². The van der Waals surface area contributed by atoms with Gasteiger partial charge in [0.05, 0.1) is 13.2 Å². The summed E-state index contributed by atoms with van der Waals surface area (Å²) in [5.41, 5.74) is 3.08. The van der Waals surface area contributed by atoms with E-state index in [2.05, 4.69) is 30.0 Å². The first-order valence-electron chi connectivity index (χ1n) is 12.7. The lowest BCUT2D eigenvalue weighted by Gasteiger charge is -2.30. The predicted molar refractivity (Wildman–Crippen MR) is 140 cm³/mol. The number of ether oxygens (including phenoxy) is 2. The molecule has 1 heterocycles. The van der Waals surface area contributed by atoms with Gasteiger partial charge in [0.25, 0.3) is 5.91 Å². The van der Waals surface area contributed by atoms with E-state index in [1.165, 1.54) is 18.4 Å². The van der Waals surface area contributed by atoms with Gasteiger partial charge < -0.3 is 14.4 Å². The SMILES string of the molecule is CCCCc1ccc(C(=O)N(CCN2CCOCC2)Cc2cccc(Oc3ccccc3)c2)cc1. The molecule has 0 radical (unpaired) electrons. The summed E-state index contributed by atoms with van der Waals surface area (Å²) in [6, 6.07) is 25.9. The molecule has 5 heteroatoms. The van der Waals surface area contributed by atoms with Gasteiger partial charge in [-0.2, -0.15) is 0 Å². The summed E-state index contributed by atoms with van der Waals surface area (Å²) in [6.45, 7) is 7.57. The number of para-hydroxylation sites is 1. The topological polar surface area (TPSA) is 42.0 Å². The molecule has 3 aromatic carbocycles. The van der Waals surface area contributed by atoms with E-state index in [4.69, 9.17) is 9.47 Å². The monoisotopic (exact) mass is 472 g/mol. The highest BCUT2D eigenvalue weighted by molar-refractivity contribution is 5.94. The van der Waals surface area contributed by atoms with Crippen molar-refractivity contribution >= 4 is 5.91 Å². The van der Waals surface area contributed by atoms with Crippen LogP contribution in [0, 0.1) is 0 Å². The summed E-state index contributed by atoms with van der Waals surface area (Å²) in [5.74, 6) is 1.64. The Labute approximate surface area is 209 Å². The maximum Gasteiger partial charge on any atom is 0.254 e. The second-order valence-corrected chi connectivity index (χ2v) is 9.04. The number of hydrogen-bond acceptors (Lipinski definition) is 4. The van der Waals surface area contributed by atoms with Crippen LogP contribution in [0.1, 0.15) is 41.3 Å². The Morgan fingerprint density at radius 2 is 1.66 bits per heavy atom. The summed E-state index contributed by atoms with van der Waals surface area (Å²) in [4.78, 5) is 17.9. The molecule has 0 saturated carbocycles. The Morgan fingerprint density at radius 3 is 2.40 bits per heavy atom. The van der Waals surface area contributed by atoms with Crippen molar-refractivity contribution < 1.29 is 14.3 Å². The van der Waals surface area contributed by atoms with E-state index in [1.54, 1.807) is 0 Å². The van der Waals surface area contributed by atoms with Crippen LogP contribution in [0.25, 0.3) is 0 Å². The van der Waals surface area contributed by atoms with Gasteiger partial charge in [-0.3, -0.25) is 9.69 Å². The van der Waals surface area contributed by atoms with Gasteiger partial charge in [-0.15, -0.1) is 0 Å². The second-order valence-electron chi connectivity index (χ2n) is 9.04. The molecule has 3 aromatic rings. The molecule has 1 aliphatic heterocycles. The number of unbranched alkanes of at least 4 members (excludes halogenated alkanes) is 1. The van der Waals surface area contributed by atoms with Crippen LogP contribution in [0.3, 0.4) is 0 Å². The van der Waals surface area contributed by atoms with Crippen LogP contribution < -0.4 is 4.74 Å². The average molecular weight is 473 g/mol. The molecule has 0 N–H and O–H groups in total. The first-order valence-corrected chi connectivity index (χ1v) is 12.7. The minimum absolute atomic E-state index is 0.0645. The van der Waals surface area contributed by atoms with Gasteiger partial charge in [-0.05, 0) is 60.4 Å². The second kappa shape index (κ2) is 13.1. The Bertz CT molecular complexity index is 1050. The lowest BCUT2D eigenvalue weighted by atomic mass is 10.1. The van der Waals surface area contributed by atoms with Crippen LogP contribution in [0.4, 0.5) is 0 Å². The number of amides is 1. The molecule has 0 bridgehead atoms. The number of morpholine rings is 1. The van der Waals surface area contributed by atoms with Gasteiger partial charge in [0.2, 0.25) is 0 Å². The molecule has 1 aliphatic rings. The van der Waals surface area contributed by atoms with Crippen LogP contribution in [-0.4, -0.2) is 55.1 Å². The van der Waals surface area contributed by atoms with Crippen molar-refractivity contribution in [2.45, 2.75) is 32.7 Å². The van der Waals surface area contributed by atoms with Gasteiger partial charge in [-0.25, -0.2) is 0 Å². The van der Waals surface area contributed by atoms with Crippen molar-refractivity contribution in [1.29, 1.82) is 0 Å². The lowest BCUT2D eigenvalue weighted by molar-refractivity contribution is 0.0320. The van der Waals surface area contributed by atoms with Crippen molar-refractivity contribution in [3.05, 3.63) is 95.6 Å². The standard InChI is InChI=1S/C30H36N2O3/c1-2-3-8-25-13-15-27(16-14-25)30(33)32(18-17-31-19-21-34-22-20-31)24-26-9-7-12-29(23-26)35-28-10-5-4-6-11-28/h4-7,9-16,23H,2-3,8,17-22,24H2,1H3. The van der Waals surface area contributed by atoms with Crippen molar-refractivity contribution in [1.82, 2.24) is 9.80 Å². The third-order valence-corrected chi connectivity index (χ3v) is 6.35. The lowest BCUT2D eigenvalue weighted by Crippen LogP contribution is -2.42. The zero-order valence-electron chi connectivity index (χ0n) is 20.7. The number of rotatable bonds is 11. The highest BCUT2D eigenvalue weighted by atomic mass is 16.5. The highest BCUT2D eigenvalue weighted by Crippen LogP contribution is 2.23. The zero-order valence-corrected chi connectivity index (χ0v) is 20.7. The van der Waals surface area contributed by atoms with E-state index in [-0.39, 0.29) is 5.91 Å². The van der Waals surface area contributed by atoms with Crippen molar-refractivity contribution in [3.63, 3.8) is 0 Å². The predicted octanol–water partition coefficient (Wildman–Crippen LogP) is 5.80. The van der Waals surface area contributed by atoms with E-state index >= 15 is 0 Å². The fraction of sp³-hybridized carbons (Fsp3) is 0.367. The highest BCUT2D eigenvalue weighted by Gasteiger charge is 2.19. The number of benzene rings is 3. The minimum Gasteiger partial charge on any atom is -0.457 e. The van der Waals surface area contributed by atoms with Gasteiger partial charge in [-0.1, -0.05) is 55.8 Å². The van der Waals surface area contributed by atoms with E-state index in [9.17, 15) is 4.79 Å². The smallest absolute Gasteiger partial charge is 0.254 e. The summed E-state index contributed by atoms with van der Waals surface area (Å²) in [7, 11) is 0. The van der Waals surface area contributed by atoms with E-state index in [0.29, 0.717) is 13.1 Å². The molecular formula is C30H36N2O3. The first-order chi connectivity index (χ1) is 17.2. The average Bonchev–Trinajstić information content (AvgIpc) is 2.91. The third-order valence-electron chi connectivity index (χ3n) is 6.35. The van der Waals surface area contributed by atoms with Gasteiger partial charge in [0.1, 0.15) is 11.5 Å². The number of carbonyl (C=O) groups is 1. The molecule has 1 saturated heterocycles. The fourth-order valence-corrected chi connectivity index (χ4v) is 4.27. The summed E-state index contributed by atoms with van der Waals surface area (Å²) in [6.07, 6.45) is 3.39. The quantitative estimate of drug-likeness (QED) is 0.354. The molecule has 0 atom stereocenters. The molecule has 4 rings (SSSR count). The Balaban J connectivity index is 1.47. The maximum absolute atomic E-state index is 13.6. The van der Waals surface area contributed by atoms with Crippen LogP contribution in [0.15, 0.2) is 78.9 Å². The number of aryl methyl sites for hydroxylation is 1. The largest absolute Gasteiger partial charge is 0.457 e. The molecular weight excluding hydrogens is 436 g/mol. The normalized spacial score (nSPS) is 14.0. The molecule has 1 amide bonds. The number of nitrogens with zero attached hydrogens (tertiary/aromatic N) is 2. The van der Waals surface area contributed by atoms with Crippen LogP contribution in [-0.2, 0) is 17.7 Å². The maximum atomic E-state index is 13.6. The molecule has 35 heavy (non-hydrogen) atoms. The van der Waals surface area contributed by atoms with Gasteiger partial charge >= 0.3 is 0 Å². The minimum atomic E-state index is 0.0645. The molecule has 184 valence electrons. The fourth-order valence-electron chi connectivity index (χ4n) is 4.27. The van der Waals surface area contributed by atoms with E-state index in [0.717, 1.165) is 61.9 Å². The Kier molecular flexibility index (Phi) is 9.32. The molecule has 1 fully saturated rings.